The molecule has 0 fully saturated rings. The number of hydrogen-bond donors (Lipinski definition) is 0. The minimum absolute atomic E-state index is 0.0128. The van der Waals surface area contributed by atoms with Gasteiger partial charge in [-0.05, 0) is 49.9 Å². The summed E-state index contributed by atoms with van der Waals surface area (Å²) in [5, 5.41) is 0. The molecule has 3 rings (SSSR count). The smallest absolute Gasteiger partial charge is 0.254 e. The predicted octanol–water partition coefficient (Wildman–Crippen LogP) is 5.58. The number of aromatic nitrogens is 2. The van der Waals surface area contributed by atoms with E-state index in [0.717, 1.165) is 36.3 Å². The van der Waals surface area contributed by atoms with Crippen molar-refractivity contribution in [3.8, 4) is 0 Å². The van der Waals surface area contributed by atoms with Crippen LogP contribution < -0.4 is 0 Å². The highest BCUT2D eigenvalue weighted by atomic mass is 19.1. The quantitative estimate of drug-likeness (QED) is 0.499. The number of fused-ring (bicyclic) bond motifs is 1. The Labute approximate surface area is 172 Å². The Balaban J connectivity index is 1.96. The Hall–Kier alpha value is -2.69. The lowest BCUT2D eigenvalue weighted by Gasteiger charge is -2.24. The number of aryl methyl sites for hydroxylation is 2. The van der Waals surface area contributed by atoms with Gasteiger partial charge in [0.25, 0.3) is 5.91 Å². The van der Waals surface area contributed by atoms with Crippen LogP contribution in [0.5, 0.6) is 0 Å². The van der Waals surface area contributed by atoms with Crippen LogP contribution in [0, 0.1) is 18.7 Å². The van der Waals surface area contributed by atoms with E-state index in [4.69, 9.17) is 0 Å². The summed E-state index contributed by atoms with van der Waals surface area (Å²) in [4.78, 5) is 19.7. The van der Waals surface area contributed by atoms with Crippen molar-refractivity contribution in [3.05, 3.63) is 65.2 Å². The molecule has 1 heterocycles. The zero-order chi connectivity index (χ0) is 21.0. The molecule has 5 heteroatoms. The Kier molecular flexibility index (Phi) is 6.68. The molecule has 0 radical (unpaired) electrons. The molecule has 4 nitrogen and oxygen atoms in total. The van der Waals surface area contributed by atoms with E-state index in [2.05, 4.69) is 25.8 Å². The second kappa shape index (κ2) is 9.21. The van der Waals surface area contributed by atoms with Gasteiger partial charge >= 0.3 is 0 Å². The Morgan fingerprint density at radius 2 is 1.90 bits per heavy atom. The second-order valence-corrected chi connectivity index (χ2v) is 8.06. The van der Waals surface area contributed by atoms with Gasteiger partial charge in [-0.25, -0.2) is 9.37 Å². The lowest BCUT2D eigenvalue weighted by atomic mass is 10.1. The third-order valence-electron chi connectivity index (χ3n) is 5.15. The molecule has 2 aromatic carbocycles. The normalized spacial score (nSPS) is 11.4. The largest absolute Gasteiger partial charge is 0.331 e. The van der Waals surface area contributed by atoms with Crippen molar-refractivity contribution in [1.82, 2.24) is 14.5 Å². The summed E-state index contributed by atoms with van der Waals surface area (Å²) >= 11 is 0. The number of benzene rings is 2. The van der Waals surface area contributed by atoms with Crippen LogP contribution in [0.4, 0.5) is 4.39 Å². The van der Waals surface area contributed by atoms with E-state index in [1.165, 1.54) is 6.07 Å². The van der Waals surface area contributed by atoms with E-state index in [-0.39, 0.29) is 11.7 Å². The molecule has 1 aromatic heterocycles. The lowest BCUT2D eigenvalue weighted by Crippen LogP contribution is -2.33. The number of amides is 1. The van der Waals surface area contributed by atoms with Crippen molar-refractivity contribution < 1.29 is 9.18 Å². The van der Waals surface area contributed by atoms with Crippen molar-refractivity contribution in [2.75, 3.05) is 6.54 Å². The number of rotatable bonds is 8. The van der Waals surface area contributed by atoms with Gasteiger partial charge in [0.2, 0.25) is 0 Å². The summed E-state index contributed by atoms with van der Waals surface area (Å²) in [7, 11) is 0. The van der Waals surface area contributed by atoms with Crippen LogP contribution in [0.15, 0.2) is 42.5 Å². The molecular formula is C24H30FN3O. The summed E-state index contributed by atoms with van der Waals surface area (Å²) in [5.74, 6) is 0.879. The van der Waals surface area contributed by atoms with Crippen LogP contribution >= 0.6 is 0 Å². The SMILES string of the molecule is CCCn1c(CN(CCC(C)C)C(=O)c2ccc(C)cc2)nc2c(F)cccc21. The number of nitrogens with zero attached hydrogens (tertiary/aromatic N) is 3. The molecule has 3 aromatic rings. The maximum atomic E-state index is 14.3. The van der Waals surface area contributed by atoms with Crippen molar-refractivity contribution in [3.63, 3.8) is 0 Å². The van der Waals surface area contributed by atoms with E-state index in [1.54, 1.807) is 6.07 Å². The first kappa shape index (κ1) is 21.0. The van der Waals surface area contributed by atoms with E-state index < -0.39 is 0 Å². The standard InChI is InChI=1S/C24H30FN3O/c1-5-14-28-21-8-6-7-20(25)23(21)26-22(28)16-27(15-13-17(2)3)24(29)19-11-9-18(4)10-12-19/h6-12,17H,5,13-16H2,1-4H3. The monoisotopic (exact) mass is 395 g/mol. The first-order valence-corrected chi connectivity index (χ1v) is 10.4. The summed E-state index contributed by atoms with van der Waals surface area (Å²) in [6.45, 7) is 10.1. The molecule has 0 N–H and O–H groups in total. The highest BCUT2D eigenvalue weighted by Gasteiger charge is 2.21. The van der Waals surface area contributed by atoms with Crippen LogP contribution in [0.3, 0.4) is 0 Å². The zero-order valence-electron chi connectivity index (χ0n) is 17.8. The van der Waals surface area contributed by atoms with Crippen LogP contribution in [-0.4, -0.2) is 26.9 Å². The minimum Gasteiger partial charge on any atom is -0.331 e. The molecule has 0 aliphatic heterocycles. The third kappa shape index (κ3) is 4.84. The predicted molar refractivity (Wildman–Crippen MR) is 115 cm³/mol. The Morgan fingerprint density at radius 3 is 2.55 bits per heavy atom. The van der Waals surface area contributed by atoms with Gasteiger partial charge < -0.3 is 9.47 Å². The van der Waals surface area contributed by atoms with Gasteiger partial charge in [0.05, 0.1) is 12.1 Å². The van der Waals surface area contributed by atoms with Crippen molar-refractivity contribution in [2.24, 2.45) is 5.92 Å². The third-order valence-corrected chi connectivity index (χ3v) is 5.15. The second-order valence-electron chi connectivity index (χ2n) is 8.06. The van der Waals surface area contributed by atoms with Gasteiger partial charge in [-0.15, -0.1) is 0 Å². The van der Waals surface area contributed by atoms with Gasteiger partial charge in [-0.2, -0.15) is 0 Å². The molecule has 0 unspecified atom stereocenters. The lowest BCUT2D eigenvalue weighted by molar-refractivity contribution is 0.0729. The maximum absolute atomic E-state index is 14.3. The Bertz CT molecular complexity index is 976. The van der Waals surface area contributed by atoms with Crippen molar-refractivity contribution in [2.45, 2.75) is 53.6 Å². The number of halogens is 1. The number of carbonyl (C=O) groups excluding carboxylic acids is 1. The highest BCUT2D eigenvalue weighted by Crippen LogP contribution is 2.22. The van der Waals surface area contributed by atoms with Gasteiger partial charge in [0.1, 0.15) is 11.3 Å². The van der Waals surface area contributed by atoms with E-state index in [0.29, 0.717) is 30.1 Å². The number of hydrogen-bond acceptors (Lipinski definition) is 2. The maximum Gasteiger partial charge on any atom is 0.254 e. The van der Waals surface area contributed by atoms with E-state index in [1.807, 2.05) is 46.7 Å². The van der Waals surface area contributed by atoms with Crippen LogP contribution in [-0.2, 0) is 13.1 Å². The van der Waals surface area contributed by atoms with Crippen molar-refractivity contribution >= 4 is 16.9 Å². The molecular weight excluding hydrogens is 365 g/mol. The van der Waals surface area contributed by atoms with Gasteiger partial charge in [-0.3, -0.25) is 4.79 Å². The molecule has 0 aliphatic carbocycles. The van der Waals surface area contributed by atoms with E-state index in [9.17, 15) is 9.18 Å². The topological polar surface area (TPSA) is 38.1 Å². The molecule has 0 spiro atoms. The molecule has 0 aliphatic rings. The fourth-order valence-electron chi connectivity index (χ4n) is 3.47. The summed E-state index contributed by atoms with van der Waals surface area (Å²) < 4.78 is 16.4. The average Bonchev–Trinajstić information content (AvgIpc) is 3.04. The average molecular weight is 396 g/mol. The van der Waals surface area contributed by atoms with E-state index >= 15 is 0 Å². The first-order valence-electron chi connectivity index (χ1n) is 10.4. The summed E-state index contributed by atoms with van der Waals surface area (Å²) in [6, 6.07) is 12.7. The molecule has 0 atom stereocenters. The molecule has 29 heavy (non-hydrogen) atoms. The van der Waals surface area contributed by atoms with Crippen LogP contribution in [0.25, 0.3) is 11.0 Å². The molecule has 0 bridgehead atoms. The zero-order valence-corrected chi connectivity index (χ0v) is 17.8. The highest BCUT2D eigenvalue weighted by molar-refractivity contribution is 5.94. The van der Waals surface area contributed by atoms with Crippen LogP contribution in [0.2, 0.25) is 0 Å². The molecule has 154 valence electrons. The van der Waals surface area contributed by atoms with Gasteiger partial charge in [0, 0.05) is 18.7 Å². The Morgan fingerprint density at radius 1 is 1.17 bits per heavy atom. The molecule has 1 amide bonds. The molecule has 0 saturated heterocycles. The fraction of sp³-hybridized carbons (Fsp3) is 0.417. The summed E-state index contributed by atoms with van der Waals surface area (Å²) in [5.41, 5.74) is 2.95. The first-order chi connectivity index (χ1) is 13.9. The van der Waals surface area contributed by atoms with Gasteiger partial charge in [-0.1, -0.05) is 44.5 Å². The minimum atomic E-state index is -0.322. The molecule has 0 saturated carbocycles. The van der Waals surface area contributed by atoms with Crippen LogP contribution in [0.1, 0.15) is 55.4 Å². The summed E-state index contributed by atoms with van der Waals surface area (Å²) in [6.07, 6.45) is 1.81. The number of imidazole rings is 1. The number of para-hydroxylation sites is 1. The number of carbonyl (C=O) groups is 1. The van der Waals surface area contributed by atoms with Gasteiger partial charge in [0.15, 0.2) is 5.82 Å². The fourth-order valence-corrected chi connectivity index (χ4v) is 3.47. The van der Waals surface area contributed by atoms with Crippen molar-refractivity contribution in [1.29, 1.82) is 0 Å².